The van der Waals surface area contributed by atoms with Crippen LogP contribution in [0.1, 0.15) is 28.4 Å². The average molecular weight is 408 g/mol. The average Bonchev–Trinajstić information content (AvgIpc) is 2.76. The van der Waals surface area contributed by atoms with Gasteiger partial charge in [0.1, 0.15) is 12.6 Å². The van der Waals surface area contributed by atoms with Crippen LogP contribution in [0.25, 0.3) is 0 Å². The van der Waals surface area contributed by atoms with Gasteiger partial charge in [0.05, 0.1) is 6.04 Å². The van der Waals surface area contributed by atoms with Crippen LogP contribution >= 0.6 is 0 Å². The highest BCUT2D eigenvalue weighted by Crippen LogP contribution is 2.10. The lowest BCUT2D eigenvalue weighted by Crippen LogP contribution is -2.46. The summed E-state index contributed by atoms with van der Waals surface area (Å²) in [5, 5.41) is 14.1. The number of hydrogen-bond donors (Lipinski definition) is 5. The van der Waals surface area contributed by atoms with Crippen molar-refractivity contribution >= 4 is 23.3 Å². The lowest BCUT2D eigenvalue weighted by molar-refractivity contribution is -0.123. The highest BCUT2D eigenvalue weighted by Gasteiger charge is 2.18. The van der Waals surface area contributed by atoms with Gasteiger partial charge in [-0.2, -0.15) is 0 Å². The first-order valence-corrected chi connectivity index (χ1v) is 9.27. The van der Waals surface area contributed by atoms with E-state index >= 15 is 0 Å². The van der Waals surface area contributed by atoms with Gasteiger partial charge >= 0.3 is 0 Å². The van der Waals surface area contributed by atoms with Crippen molar-refractivity contribution in [1.29, 1.82) is 0 Å². The highest BCUT2D eigenvalue weighted by atomic mass is 16.3. The number of hydrogen-bond acceptors (Lipinski definition) is 6. The van der Waals surface area contributed by atoms with Gasteiger partial charge in [-0.25, -0.2) is 0 Å². The van der Waals surface area contributed by atoms with Gasteiger partial charge in [0.2, 0.25) is 5.91 Å². The summed E-state index contributed by atoms with van der Waals surface area (Å²) in [6.07, 6.45) is 0. The lowest BCUT2D eigenvalue weighted by Gasteiger charge is -2.14. The molecule has 0 aliphatic carbocycles. The normalized spacial score (nSPS) is 12.1. The van der Waals surface area contributed by atoms with Crippen molar-refractivity contribution < 1.29 is 19.5 Å². The van der Waals surface area contributed by atoms with Crippen molar-refractivity contribution in [2.75, 3.05) is 18.5 Å². The summed E-state index contributed by atoms with van der Waals surface area (Å²) in [4.78, 5) is 35.3. The Kier molecular flexibility index (Phi) is 8.26. The largest absolute Gasteiger partial charge is 0.388 e. The predicted octanol–water partition coefficient (Wildman–Crippen LogP) is -0.00940. The van der Waals surface area contributed by atoms with Gasteiger partial charge in [0.25, 0.3) is 5.91 Å². The molecule has 2 aromatic rings. The second-order valence-corrected chi connectivity index (χ2v) is 6.57. The summed E-state index contributed by atoms with van der Waals surface area (Å²) in [5.41, 5.74) is 13.4. The quantitative estimate of drug-likeness (QED) is 0.407. The smallest absolute Gasteiger partial charge is 0.251 e. The predicted molar refractivity (Wildman–Crippen MR) is 114 cm³/mol. The Balaban J connectivity index is 2.01. The fraction of sp³-hybridized carbons (Fsp3) is 0.227. The number of anilines is 1. The van der Waals surface area contributed by atoms with Gasteiger partial charge in [-0.05, 0) is 55.5 Å². The van der Waals surface area contributed by atoms with Gasteiger partial charge in [-0.1, -0.05) is 11.8 Å². The van der Waals surface area contributed by atoms with Gasteiger partial charge in [0.15, 0.2) is 5.78 Å². The van der Waals surface area contributed by atoms with Crippen LogP contribution in [-0.2, 0) is 9.59 Å². The molecule has 2 amide bonds. The van der Waals surface area contributed by atoms with Crippen molar-refractivity contribution in [1.82, 2.24) is 5.32 Å². The molecule has 0 aromatic heterocycles. The monoisotopic (exact) mass is 408 g/mol. The molecule has 0 bridgehead atoms. The van der Waals surface area contributed by atoms with Gasteiger partial charge in [-0.15, -0.1) is 0 Å². The second-order valence-electron chi connectivity index (χ2n) is 6.57. The Labute approximate surface area is 174 Å². The maximum Gasteiger partial charge on any atom is 0.251 e. The third-order valence-electron chi connectivity index (χ3n) is 4.15. The molecule has 0 unspecified atom stereocenters. The molecular weight excluding hydrogens is 384 g/mol. The number of carbonyl (C=O) groups is 3. The fourth-order valence-corrected chi connectivity index (χ4v) is 2.36. The number of benzene rings is 2. The van der Waals surface area contributed by atoms with Crippen LogP contribution in [0.15, 0.2) is 48.5 Å². The van der Waals surface area contributed by atoms with Crippen molar-refractivity contribution in [3.8, 4) is 11.8 Å². The number of carbonyl (C=O) groups excluding carboxylic acids is 3. The Bertz CT molecular complexity index is 957. The van der Waals surface area contributed by atoms with E-state index in [1.54, 1.807) is 55.5 Å². The minimum Gasteiger partial charge on any atom is -0.388 e. The zero-order chi connectivity index (χ0) is 22.1. The van der Waals surface area contributed by atoms with E-state index in [0.29, 0.717) is 16.8 Å². The Hall–Kier alpha value is -3.51. The summed E-state index contributed by atoms with van der Waals surface area (Å²) in [7, 11) is 0. The molecule has 2 aromatic carbocycles. The van der Waals surface area contributed by atoms with Crippen molar-refractivity contribution in [3.05, 3.63) is 65.2 Å². The molecule has 0 aliphatic rings. The van der Waals surface area contributed by atoms with E-state index in [1.807, 2.05) is 0 Å². The maximum absolute atomic E-state index is 12.2. The molecule has 0 radical (unpaired) electrons. The molecule has 0 saturated carbocycles. The lowest BCUT2D eigenvalue weighted by atomic mass is 10.1. The molecule has 8 nitrogen and oxygen atoms in total. The highest BCUT2D eigenvalue weighted by molar-refractivity contribution is 5.98. The van der Waals surface area contributed by atoms with Crippen LogP contribution in [0.2, 0.25) is 0 Å². The second kappa shape index (κ2) is 10.9. The molecular formula is C22H24N4O4. The van der Waals surface area contributed by atoms with E-state index < -0.39 is 30.4 Å². The minimum absolute atomic E-state index is 0.0948. The van der Waals surface area contributed by atoms with E-state index in [1.165, 1.54) is 0 Å². The number of Topliss-reactive ketones (excluding diaryl/α,β-unsaturated/α-hetero) is 1. The molecule has 2 rings (SSSR count). The molecule has 30 heavy (non-hydrogen) atoms. The summed E-state index contributed by atoms with van der Waals surface area (Å²) in [6, 6.07) is 12.0. The molecule has 2 atom stereocenters. The van der Waals surface area contributed by atoms with E-state index in [-0.39, 0.29) is 12.5 Å². The Morgan fingerprint density at radius 1 is 1.00 bits per heavy atom. The van der Waals surface area contributed by atoms with Crippen molar-refractivity contribution in [3.63, 3.8) is 0 Å². The number of ketones is 1. The number of aliphatic hydroxyl groups is 1. The van der Waals surface area contributed by atoms with Crippen LogP contribution in [-0.4, -0.2) is 47.9 Å². The van der Waals surface area contributed by atoms with Crippen LogP contribution in [0, 0.1) is 11.8 Å². The van der Waals surface area contributed by atoms with Gasteiger partial charge in [0, 0.05) is 28.9 Å². The number of aliphatic hydroxyl groups excluding tert-OH is 1. The third kappa shape index (κ3) is 6.53. The first-order chi connectivity index (χ1) is 14.3. The summed E-state index contributed by atoms with van der Waals surface area (Å²) < 4.78 is 0. The topological polar surface area (TPSA) is 148 Å². The first-order valence-electron chi connectivity index (χ1n) is 9.27. The maximum atomic E-state index is 12.2. The SMILES string of the molecule is C[C@@H](N)C(=O)Nc1ccc(C#Cc2ccc(C(=O)N[C@@H](CN)C(=O)CO)cc2)cc1. The molecule has 8 heteroatoms. The molecule has 0 aliphatic heterocycles. The molecule has 0 saturated heterocycles. The third-order valence-corrected chi connectivity index (χ3v) is 4.15. The van der Waals surface area contributed by atoms with E-state index in [2.05, 4.69) is 22.5 Å². The van der Waals surface area contributed by atoms with Crippen LogP contribution in [0.5, 0.6) is 0 Å². The summed E-state index contributed by atoms with van der Waals surface area (Å²) in [6.45, 7) is 0.827. The Morgan fingerprint density at radius 3 is 2.00 bits per heavy atom. The minimum atomic E-state index is -0.928. The van der Waals surface area contributed by atoms with Crippen LogP contribution in [0.4, 0.5) is 5.69 Å². The molecule has 0 heterocycles. The molecule has 7 N–H and O–H groups in total. The van der Waals surface area contributed by atoms with Gasteiger partial charge in [-0.3, -0.25) is 14.4 Å². The van der Waals surface area contributed by atoms with Crippen LogP contribution in [0.3, 0.4) is 0 Å². The van der Waals surface area contributed by atoms with E-state index in [9.17, 15) is 14.4 Å². The number of nitrogens with one attached hydrogen (secondary N) is 2. The van der Waals surface area contributed by atoms with Crippen molar-refractivity contribution in [2.45, 2.75) is 19.0 Å². The zero-order valence-corrected chi connectivity index (χ0v) is 16.5. The van der Waals surface area contributed by atoms with E-state index in [0.717, 1.165) is 5.56 Å². The molecule has 0 spiro atoms. The van der Waals surface area contributed by atoms with Crippen molar-refractivity contribution in [2.24, 2.45) is 11.5 Å². The molecule has 156 valence electrons. The van der Waals surface area contributed by atoms with E-state index in [4.69, 9.17) is 16.6 Å². The Morgan fingerprint density at radius 2 is 1.53 bits per heavy atom. The number of nitrogens with two attached hydrogens (primary N) is 2. The first kappa shape index (κ1) is 22.8. The summed E-state index contributed by atoms with van der Waals surface area (Å²) >= 11 is 0. The zero-order valence-electron chi connectivity index (χ0n) is 16.5. The fourth-order valence-electron chi connectivity index (χ4n) is 2.36. The molecule has 0 fully saturated rings. The summed E-state index contributed by atoms with van der Waals surface area (Å²) in [5.74, 6) is 4.71. The van der Waals surface area contributed by atoms with Gasteiger partial charge < -0.3 is 27.2 Å². The number of rotatable bonds is 7. The standard InChI is InChI=1S/C22H24N4O4/c1-14(24)21(29)25-18-10-6-16(7-11-18)3-2-15-4-8-17(9-5-15)22(30)26-19(12-23)20(28)13-27/h4-11,14,19,27H,12-13,23-24H2,1H3,(H,25,29)(H,26,30)/t14-,19+/m1/s1. The number of amides is 2. The van der Waals surface area contributed by atoms with Crippen LogP contribution < -0.4 is 22.1 Å².